The number of hydrogen-bond acceptors (Lipinski definition) is 4. The maximum atomic E-state index is 12.0. The van der Waals surface area contributed by atoms with Crippen LogP contribution in [-0.2, 0) is 11.3 Å². The summed E-state index contributed by atoms with van der Waals surface area (Å²) in [5.74, 6) is 0.757. The fraction of sp³-hybridized carbons (Fsp3) is 0.235. The van der Waals surface area contributed by atoms with E-state index in [1.165, 1.54) is 0 Å². The molecule has 3 rings (SSSR count). The average Bonchev–Trinajstić information content (AvgIpc) is 2.53. The van der Waals surface area contributed by atoms with Crippen LogP contribution in [0.5, 0.6) is 11.5 Å². The third-order valence-electron chi connectivity index (χ3n) is 3.31. The summed E-state index contributed by atoms with van der Waals surface area (Å²) in [5.41, 5.74) is 2.37. The van der Waals surface area contributed by atoms with Crippen molar-refractivity contribution in [2.75, 3.05) is 13.2 Å². The Balaban J connectivity index is 1.70. The number of ether oxygens (including phenoxy) is 3. The third-order valence-corrected chi connectivity index (χ3v) is 3.59. The maximum absolute atomic E-state index is 12.0. The second-order valence-electron chi connectivity index (χ2n) is 5.04. The second kappa shape index (κ2) is 6.28. The lowest BCUT2D eigenvalue weighted by Crippen LogP contribution is -2.16. The van der Waals surface area contributed by atoms with E-state index in [9.17, 15) is 4.79 Å². The molecule has 1 aliphatic rings. The Morgan fingerprint density at radius 3 is 2.68 bits per heavy atom. The van der Waals surface area contributed by atoms with Gasteiger partial charge in [0.15, 0.2) is 11.5 Å². The van der Waals surface area contributed by atoms with Crippen molar-refractivity contribution >= 4 is 17.6 Å². The van der Waals surface area contributed by atoms with Crippen molar-refractivity contribution in [3.63, 3.8) is 0 Å². The van der Waals surface area contributed by atoms with E-state index in [0.717, 1.165) is 11.1 Å². The number of aryl methyl sites for hydroxylation is 1. The average molecular weight is 319 g/mol. The van der Waals surface area contributed by atoms with Crippen LogP contribution in [0, 0.1) is 6.92 Å². The van der Waals surface area contributed by atoms with Gasteiger partial charge in [0.25, 0.3) is 0 Å². The lowest BCUT2D eigenvalue weighted by Gasteiger charge is -2.20. The minimum absolute atomic E-state index is 0.128. The Morgan fingerprint density at radius 2 is 1.91 bits per heavy atom. The van der Waals surface area contributed by atoms with Crippen LogP contribution in [0.15, 0.2) is 36.4 Å². The molecule has 0 bridgehead atoms. The van der Waals surface area contributed by atoms with Gasteiger partial charge in [0.1, 0.15) is 19.8 Å². The van der Waals surface area contributed by atoms with Crippen LogP contribution in [-0.4, -0.2) is 19.2 Å². The van der Waals surface area contributed by atoms with Gasteiger partial charge in [-0.15, -0.1) is 0 Å². The highest BCUT2D eigenvalue weighted by Crippen LogP contribution is 2.38. The van der Waals surface area contributed by atoms with E-state index < -0.39 is 0 Å². The van der Waals surface area contributed by atoms with Crippen LogP contribution in [0.4, 0.5) is 0 Å². The summed E-state index contributed by atoms with van der Waals surface area (Å²) in [6, 6.07) is 10.7. The number of benzene rings is 2. The molecule has 0 aromatic heterocycles. The standard InChI is InChI=1S/C17H15ClO4/c1-11-2-4-13(5-3-11)17(19)22-10-12-8-14(18)16-15(9-12)20-6-7-21-16/h2-5,8-9H,6-7,10H2,1H3. The highest BCUT2D eigenvalue weighted by atomic mass is 35.5. The highest BCUT2D eigenvalue weighted by Gasteiger charge is 2.17. The topological polar surface area (TPSA) is 44.8 Å². The van der Waals surface area contributed by atoms with Crippen molar-refractivity contribution in [3.05, 3.63) is 58.1 Å². The molecule has 0 saturated carbocycles. The Kier molecular flexibility index (Phi) is 4.20. The number of halogens is 1. The van der Waals surface area contributed by atoms with Crippen molar-refractivity contribution in [1.82, 2.24) is 0 Å². The molecule has 0 saturated heterocycles. The molecular formula is C17H15ClO4. The molecular weight excluding hydrogens is 304 g/mol. The molecule has 5 heteroatoms. The SMILES string of the molecule is Cc1ccc(C(=O)OCc2cc(Cl)c3c(c2)OCCO3)cc1. The van der Waals surface area contributed by atoms with Crippen LogP contribution in [0.2, 0.25) is 5.02 Å². The summed E-state index contributed by atoms with van der Waals surface area (Å²) in [6.07, 6.45) is 0. The summed E-state index contributed by atoms with van der Waals surface area (Å²) >= 11 is 6.15. The lowest BCUT2D eigenvalue weighted by atomic mass is 10.1. The first-order valence-corrected chi connectivity index (χ1v) is 7.33. The molecule has 114 valence electrons. The van der Waals surface area contributed by atoms with Crippen LogP contribution < -0.4 is 9.47 Å². The van der Waals surface area contributed by atoms with Gasteiger partial charge in [0.2, 0.25) is 0 Å². The molecule has 0 unspecified atom stereocenters. The summed E-state index contributed by atoms with van der Waals surface area (Å²) in [5, 5.41) is 0.457. The molecule has 1 aliphatic heterocycles. The van der Waals surface area contributed by atoms with Gasteiger partial charge in [0, 0.05) is 0 Å². The van der Waals surface area contributed by atoms with Gasteiger partial charge in [-0.2, -0.15) is 0 Å². The highest BCUT2D eigenvalue weighted by molar-refractivity contribution is 6.32. The summed E-state index contributed by atoms with van der Waals surface area (Å²) < 4.78 is 16.3. The van der Waals surface area contributed by atoms with E-state index in [4.69, 9.17) is 25.8 Å². The maximum Gasteiger partial charge on any atom is 0.338 e. The molecule has 22 heavy (non-hydrogen) atoms. The molecule has 0 radical (unpaired) electrons. The number of carbonyl (C=O) groups is 1. The summed E-state index contributed by atoms with van der Waals surface area (Å²) in [6.45, 7) is 3.06. The number of rotatable bonds is 3. The zero-order valence-electron chi connectivity index (χ0n) is 12.1. The zero-order chi connectivity index (χ0) is 15.5. The first-order chi connectivity index (χ1) is 10.6. The van der Waals surface area contributed by atoms with Gasteiger partial charge >= 0.3 is 5.97 Å². The fourth-order valence-electron chi connectivity index (χ4n) is 2.17. The molecule has 0 atom stereocenters. The summed E-state index contributed by atoms with van der Waals surface area (Å²) in [7, 11) is 0. The van der Waals surface area contributed by atoms with E-state index in [1.54, 1.807) is 24.3 Å². The van der Waals surface area contributed by atoms with Crippen LogP contribution in [0.25, 0.3) is 0 Å². The third kappa shape index (κ3) is 3.17. The van der Waals surface area contributed by atoms with Crippen molar-refractivity contribution in [1.29, 1.82) is 0 Å². The smallest absolute Gasteiger partial charge is 0.338 e. The Labute approximate surface area is 133 Å². The Hall–Kier alpha value is -2.20. The molecule has 0 fully saturated rings. The van der Waals surface area contributed by atoms with E-state index in [2.05, 4.69) is 0 Å². The predicted molar refractivity (Wildman–Crippen MR) is 82.7 cm³/mol. The quantitative estimate of drug-likeness (QED) is 0.808. The molecule has 1 heterocycles. The normalized spacial score (nSPS) is 12.8. The molecule has 0 spiro atoms. The van der Waals surface area contributed by atoms with Gasteiger partial charge in [0.05, 0.1) is 10.6 Å². The Bertz CT molecular complexity index is 695. The first-order valence-electron chi connectivity index (χ1n) is 6.95. The minimum Gasteiger partial charge on any atom is -0.486 e. The van der Waals surface area contributed by atoms with Crippen LogP contribution in [0.3, 0.4) is 0 Å². The van der Waals surface area contributed by atoms with Crippen LogP contribution >= 0.6 is 11.6 Å². The monoisotopic (exact) mass is 318 g/mol. The zero-order valence-corrected chi connectivity index (χ0v) is 12.9. The molecule has 4 nitrogen and oxygen atoms in total. The van der Waals surface area contributed by atoms with Crippen molar-refractivity contribution in [2.24, 2.45) is 0 Å². The van der Waals surface area contributed by atoms with Gasteiger partial charge in [-0.1, -0.05) is 29.3 Å². The molecule has 2 aromatic carbocycles. The minimum atomic E-state index is -0.369. The van der Waals surface area contributed by atoms with Gasteiger partial charge in [-0.25, -0.2) is 4.79 Å². The van der Waals surface area contributed by atoms with Crippen molar-refractivity contribution in [3.8, 4) is 11.5 Å². The van der Waals surface area contributed by atoms with Gasteiger partial charge < -0.3 is 14.2 Å². The number of hydrogen-bond donors (Lipinski definition) is 0. The van der Waals surface area contributed by atoms with E-state index >= 15 is 0 Å². The fourth-order valence-corrected chi connectivity index (χ4v) is 2.46. The van der Waals surface area contributed by atoms with E-state index in [0.29, 0.717) is 35.3 Å². The van der Waals surface area contributed by atoms with Gasteiger partial charge in [-0.05, 0) is 36.8 Å². The van der Waals surface area contributed by atoms with Crippen molar-refractivity contribution in [2.45, 2.75) is 13.5 Å². The lowest BCUT2D eigenvalue weighted by molar-refractivity contribution is 0.0472. The number of carbonyl (C=O) groups excluding carboxylic acids is 1. The van der Waals surface area contributed by atoms with Gasteiger partial charge in [-0.3, -0.25) is 0 Å². The molecule has 0 aliphatic carbocycles. The number of esters is 1. The van der Waals surface area contributed by atoms with Crippen LogP contribution in [0.1, 0.15) is 21.5 Å². The summed E-state index contributed by atoms with van der Waals surface area (Å²) in [4.78, 5) is 12.0. The molecule has 0 amide bonds. The molecule has 0 N–H and O–H groups in total. The van der Waals surface area contributed by atoms with Crippen molar-refractivity contribution < 1.29 is 19.0 Å². The second-order valence-corrected chi connectivity index (χ2v) is 5.45. The van der Waals surface area contributed by atoms with E-state index in [1.807, 2.05) is 19.1 Å². The first kappa shape index (κ1) is 14.7. The molecule has 2 aromatic rings. The Morgan fingerprint density at radius 1 is 1.18 bits per heavy atom. The number of fused-ring (bicyclic) bond motifs is 1. The predicted octanol–water partition coefficient (Wildman–Crippen LogP) is 3.78. The van der Waals surface area contributed by atoms with E-state index in [-0.39, 0.29) is 12.6 Å². The largest absolute Gasteiger partial charge is 0.486 e.